The summed E-state index contributed by atoms with van der Waals surface area (Å²) in [5.41, 5.74) is 1.07. The van der Waals surface area contributed by atoms with Crippen LogP contribution in [0.3, 0.4) is 0 Å². The van der Waals surface area contributed by atoms with Crippen LogP contribution in [0.2, 0.25) is 5.02 Å². The van der Waals surface area contributed by atoms with Crippen LogP contribution in [0.1, 0.15) is 38.2 Å². The fraction of sp³-hybridized carbons (Fsp3) is 0.600. The third-order valence-corrected chi connectivity index (χ3v) is 3.25. The summed E-state index contributed by atoms with van der Waals surface area (Å²) < 4.78 is 5.69. The van der Waals surface area contributed by atoms with Gasteiger partial charge >= 0.3 is 0 Å². The van der Waals surface area contributed by atoms with Crippen LogP contribution >= 0.6 is 11.6 Å². The van der Waals surface area contributed by atoms with Crippen molar-refractivity contribution in [1.29, 1.82) is 0 Å². The predicted molar refractivity (Wildman–Crippen MR) is 78.7 cm³/mol. The van der Waals surface area contributed by atoms with E-state index in [1.165, 1.54) is 19.3 Å². The summed E-state index contributed by atoms with van der Waals surface area (Å²) >= 11 is 5.96. The van der Waals surface area contributed by atoms with E-state index in [2.05, 4.69) is 12.2 Å². The Morgan fingerprint density at radius 2 is 2.00 bits per heavy atom. The number of nitrogens with one attached hydrogen (secondary N) is 1. The van der Waals surface area contributed by atoms with Crippen molar-refractivity contribution in [1.82, 2.24) is 5.32 Å². The second-order valence-corrected chi connectivity index (χ2v) is 4.98. The second-order valence-electron chi connectivity index (χ2n) is 4.57. The van der Waals surface area contributed by atoms with Crippen LogP contribution in [-0.4, -0.2) is 19.7 Å². The van der Waals surface area contributed by atoms with Crippen LogP contribution in [0.4, 0.5) is 0 Å². The molecule has 0 aliphatic heterocycles. The van der Waals surface area contributed by atoms with Gasteiger partial charge in [-0.2, -0.15) is 0 Å². The van der Waals surface area contributed by atoms with Crippen LogP contribution < -0.4 is 10.1 Å². The molecule has 0 bridgehead atoms. The number of unbranched alkanes of at least 4 members (excludes halogenated alkanes) is 2. The molecule has 0 spiro atoms. The van der Waals surface area contributed by atoms with Gasteiger partial charge in [0.2, 0.25) is 0 Å². The highest BCUT2D eigenvalue weighted by atomic mass is 35.5. The molecule has 0 fully saturated rings. The van der Waals surface area contributed by atoms with Gasteiger partial charge in [0.05, 0.1) is 6.61 Å². The minimum atomic E-state index is 0.787. The van der Waals surface area contributed by atoms with E-state index in [0.717, 1.165) is 42.5 Å². The molecule has 0 unspecified atom stereocenters. The average Bonchev–Trinajstić information content (AvgIpc) is 2.37. The summed E-state index contributed by atoms with van der Waals surface area (Å²) in [7, 11) is 0. The molecule has 0 atom stereocenters. The Morgan fingerprint density at radius 3 is 2.72 bits per heavy atom. The number of ether oxygens (including phenoxy) is 1. The lowest BCUT2D eigenvalue weighted by atomic mass is 10.2. The van der Waals surface area contributed by atoms with Crippen molar-refractivity contribution in [2.45, 2.75) is 39.5 Å². The third-order valence-electron chi connectivity index (χ3n) is 2.82. The van der Waals surface area contributed by atoms with Crippen LogP contribution in [0, 0.1) is 6.92 Å². The van der Waals surface area contributed by atoms with Crippen molar-refractivity contribution in [2.75, 3.05) is 19.7 Å². The highest BCUT2D eigenvalue weighted by Crippen LogP contribution is 2.21. The summed E-state index contributed by atoms with van der Waals surface area (Å²) in [6, 6.07) is 5.81. The van der Waals surface area contributed by atoms with Crippen LogP contribution in [-0.2, 0) is 0 Å². The maximum Gasteiger partial charge on any atom is 0.119 e. The second kappa shape index (κ2) is 9.23. The van der Waals surface area contributed by atoms with Gasteiger partial charge < -0.3 is 10.1 Å². The molecule has 18 heavy (non-hydrogen) atoms. The van der Waals surface area contributed by atoms with E-state index >= 15 is 0 Å². The lowest BCUT2D eigenvalue weighted by Gasteiger charge is -2.08. The SMILES string of the molecule is CCCNCCCCCOc1ccc(Cl)c(C)c1. The smallest absolute Gasteiger partial charge is 0.119 e. The Labute approximate surface area is 116 Å². The van der Waals surface area contributed by atoms with E-state index in [9.17, 15) is 0 Å². The first kappa shape index (κ1) is 15.3. The number of hydrogen-bond acceptors (Lipinski definition) is 2. The van der Waals surface area contributed by atoms with Gasteiger partial charge in [0, 0.05) is 5.02 Å². The van der Waals surface area contributed by atoms with Crippen molar-refractivity contribution in [3.05, 3.63) is 28.8 Å². The molecule has 0 heterocycles. The van der Waals surface area contributed by atoms with Crippen LogP contribution in [0.15, 0.2) is 18.2 Å². The topological polar surface area (TPSA) is 21.3 Å². The van der Waals surface area contributed by atoms with Gasteiger partial charge in [-0.15, -0.1) is 0 Å². The lowest BCUT2D eigenvalue weighted by molar-refractivity contribution is 0.305. The molecule has 1 N–H and O–H groups in total. The van der Waals surface area contributed by atoms with Gasteiger partial charge in [0.15, 0.2) is 0 Å². The quantitative estimate of drug-likeness (QED) is 0.679. The molecule has 0 aromatic heterocycles. The van der Waals surface area contributed by atoms with Gasteiger partial charge in [0.25, 0.3) is 0 Å². The van der Waals surface area contributed by atoms with E-state index in [1.807, 2.05) is 25.1 Å². The van der Waals surface area contributed by atoms with Crippen molar-refractivity contribution in [3.63, 3.8) is 0 Å². The van der Waals surface area contributed by atoms with Crippen molar-refractivity contribution >= 4 is 11.6 Å². The molecule has 0 saturated carbocycles. The normalized spacial score (nSPS) is 10.6. The van der Waals surface area contributed by atoms with E-state index in [1.54, 1.807) is 0 Å². The molecule has 1 aromatic carbocycles. The first-order valence-corrected chi connectivity index (χ1v) is 7.21. The summed E-state index contributed by atoms with van der Waals surface area (Å²) in [6.07, 6.45) is 4.75. The Hall–Kier alpha value is -0.730. The number of halogens is 1. The zero-order valence-electron chi connectivity index (χ0n) is 11.5. The van der Waals surface area contributed by atoms with E-state index < -0.39 is 0 Å². The number of aryl methyl sites for hydroxylation is 1. The third kappa shape index (κ3) is 6.27. The van der Waals surface area contributed by atoms with E-state index in [0.29, 0.717) is 0 Å². The standard InChI is InChI=1S/C15H24ClNO/c1-3-9-17-10-5-4-6-11-18-14-7-8-15(16)13(2)12-14/h7-8,12,17H,3-6,9-11H2,1-2H3. The first-order chi connectivity index (χ1) is 8.74. The lowest BCUT2D eigenvalue weighted by Crippen LogP contribution is -2.15. The summed E-state index contributed by atoms with van der Waals surface area (Å²) in [5.74, 6) is 0.918. The highest BCUT2D eigenvalue weighted by Gasteiger charge is 1.98. The molecule has 0 amide bonds. The zero-order chi connectivity index (χ0) is 13.2. The van der Waals surface area contributed by atoms with E-state index in [-0.39, 0.29) is 0 Å². The zero-order valence-corrected chi connectivity index (χ0v) is 12.2. The maximum absolute atomic E-state index is 5.96. The van der Waals surface area contributed by atoms with Gasteiger partial charge in [0.1, 0.15) is 5.75 Å². The largest absolute Gasteiger partial charge is 0.494 e. The van der Waals surface area contributed by atoms with Crippen molar-refractivity contribution in [3.8, 4) is 5.75 Å². The monoisotopic (exact) mass is 269 g/mol. The highest BCUT2D eigenvalue weighted by molar-refractivity contribution is 6.31. The number of rotatable bonds is 9. The first-order valence-electron chi connectivity index (χ1n) is 6.83. The summed E-state index contributed by atoms with van der Waals surface area (Å²) in [6.45, 7) is 7.22. The minimum Gasteiger partial charge on any atom is -0.494 e. The van der Waals surface area contributed by atoms with Crippen molar-refractivity contribution in [2.24, 2.45) is 0 Å². The molecule has 0 radical (unpaired) electrons. The molecule has 0 aliphatic rings. The van der Waals surface area contributed by atoms with Gasteiger partial charge in [-0.3, -0.25) is 0 Å². The molecular formula is C15H24ClNO. The number of hydrogen-bond donors (Lipinski definition) is 1. The average molecular weight is 270 g/mol. The predicted octanol–water partition coefficient (Wildman–Crippen LogP) is 4.20. The Bertz CT molecular complexity index is 341. The molecule has 1 rings (SSSR count). The molecule has 2 nitrogen and oxygen atoms in total. The molecule has 0 saturated heterocycles. The molecule has 102 valence electrons. The van der Waals surface area contributed by atoms with Crippen molar-refractivity contribution < 1.29 is 4.74 Å². The molecule has 3 heteroatoms. The van der Waals surface area contributed by atoms with Gasteiger partial charge in [-0.25, -0.2) is 0 Å². The van der Waals surface area contributed by atoms with Crippen LogP contribution in [0.25, 0.3) is 0 Å². The Morgan fingerprint density at radius 1 is 1.17 bits per heavy atom. The van der Waals surface area contributed by atoms with Crippen LogP contribution in [0.5, 0.6) is 5.75 Å². The number of benzene rings is 1. The summed E-state index contributed by atoms with van der Waals surface area (Å²) in [5, 5.41) is 4.20. The fourth-order valence-corrected chi connectivity index (χ4v) is 1.85. The maximum atomic E-state index is 5.96. The van der Waals surface area contributed by atoms with Gasteiger partial charge in [-0.05, 0) is 69.5 Å². The van der Waals surface area contributed by atoms with Gasteiger partial charge in [-0.1, -0.05) is 18.5 Å². The molecular weight excluding hydrogens is 246 g/mol. The van der Waals surface area contributed by atoms with E-state index in [4.69, 9.17) is 16.3 Å². The Kier molecular flexibility index (Phi) is 7.86. The fourth-order valence-electron chi connectivity index (χ4n) is 1.73. The molecule has 1 aromatic rings. The molecule has 0 aliphatic carbocycles. The Balaban J connectivity index is 2.05. The minimum absolute atomic E-state index is 0.787. The summed E-state index contributed by atoms with van der Waals surface area (Å²) in [4.78, 5) is 0.